The van der Waals surface area contributed by atoms with Crippen molar-refractivity contribution in [2.75, 3.05) is 0 Å². The lowest BCUT2D eigenvalue weighted by atomic mass is 9.54. The Morgan fingerprint density at radius 3 is 1.86 bits per heavy atom. The Hall–Kier alpha value is -0.0800. The number of rotatable bonds is 2. The first-order chi connectivity index (χ1) is 6.65. The SMILES string of the molecule is CC(O)OC12CC3CC(CC(C3)C1)C2. The molecule has 1 atom stereocenters. The molecule has 14 heavy (non-hydrogen) atoms. The first-order valence-corrected chi connectivity index (χ1v) is 6.01. The zero-order chi connectivity index (χ0) is 9.76. The molecule has 0 amide bonds. The van der Waals surface area contributed by atoms with Crippen LogP contribution in [0.1, 0.15) is 45.4 Å². The molecule has 1 unspecified atom stereocenters. The third-order valence-electron chi connectivity index (χ3n) is 4.40. The molecular formula is C12H20O2. The largest absolute Gasteiger partial charge is 0.368 e. The molecule has 2 nitrogen and oxygen atoms in total. The monoisotopic (exact) mass is 196 g/mol. The highest BCUT2D eigenvalue weighted by Gasteiger charge is 2.52. The van der Waals surface area contributed by atoms with Gasteiger partial charge in [0.2, 0.25) is 0 Å². The molecule has 4 bridgehead atoms. The minimum atomic E-state index is -0.578. The van der Waals surface area contributed by atoms with E-state index in [4.69, 9.17) is 4.74 Å². The van der Waals surface area contributed by atoms with Gasteiger partial charge in [-0.25, -0.2) is 0 Å². The van der Waals surface area contributed by atoms with Crippen LogP contribution in [0.4, 0.5) is 0 Å². The van der Waals surface area contributed by atoms with Gasteiger partial charge in [0.05, 0.1) is 5.60 Å². The van der Waals surface area contributed by atoms with Crippen LogP contribution in [0, 0.1) is 17.8 Å². The summed E-state index contributed by atoms with van der Waals surface area (Å²) < 4.78 is 5.81. The number of hydrogen-bond acceptors (Lipinski definition) is 2. The lowest BCUT2D eigenvalue weighted by Gasteiger charge is -2.56. The number of hydrogen-bond donors (Lipinski definition) is 1. The van der Waals surface area contributed by atoms with E-state index < -0.39 is 6.29 Å². The van der Waals surface area contributed by atoms with E-state index in [-0.39, 0.29) is 5.60 Å². The summed E-state index contributed by atoms with van der Waals surface area (Å²) in [6.45, 7) is 1.75. The third kappa shape index (κ3) is 1.40. The fraction of sp³-hybridized carbons (Fsp3) is 1.00. The van der Waals surface area contributed by atoms with Crippen LogP contribution in [0.3, 0.4) is 0 Å². The van der Waals surface area contributed by atoms with E-state index in [1.165, 1.54) is 38.5 Å². The summed E-state index contributed by atoms with van der Waals surface area (Å²) in [5.41, 5.74) is 0.0723. The summed E-state index contributed by atoms with van der Waals surface area (Å²) in [7, 11) is 0. The van der Waals surface area contributed by atoms with E-state index in [2.05, 4.69) is 0 Å². The van der Waals surface area contributed by atoms with E-state index in [0.29, 0.717) is 0 Å². The van der Waals surface area contributed by atoms with Gasteiger partial charge in [-0.3, -0.25) is 0 Å². The summed E-state index contributed by atoms with van der Waals surface area (Å²) in [5, 5.41) is 9.39. The molecule has 4 fully saturated rings. The Kier molecular flexibility index (Phi) is 1.94. The Morgan fingerprint density at radius 1 is 1.07 bits per heavy atom. The van der Waals surface area contributed by atoms with Gasteiger partial charge in [0, 0.05) is 0 Å². The van der Waals surface area contributed by atoms with E-state index in [1.54, 1.807) is 6.92 Å². The maximum absolute atomic E-state index is 9.39. The average molecular weight is 196 g/mol. The van der Waals surface area contributed by atoms with Crippen molar-refractivity contribution in [1.82, 2.24) is 0 Å². The fourth-order valence-electron chi connectivity index (χ4n) is 4.54. The maximum atomic E-state index is 9.39. The molecule has 0 aliphatic heterocycles. The zero-order valence-electron chi connectivity index (χ0n) is 8.91. The quantitative estimate of drug-likeness (QED) is 0.687. The smallest absolute Gasteiger partial charge is 0.152 e. The fourth-order valence-corrected chi connectivity index (χ4v) is 4.54. The molecule has 0 aromatic carbocycles. The van der Waals surface area contributed by atoms with Crippen molar-refractivity contribution >= 4 is 0 Å². The van der Waals surface area contributed by atoms with Crippen molar-refractivity contribution in [2.45, 2.75) is 57.3 Å². The average Bonchev–Trinajstić information content (AvgIpc) is 1.96. The molecule has 0 aromatic heterocycles. The van der Waals surface area contributed by atoms with Crippen molar-refractivity contribution in [2.24, 2.45) is 17.8 Å². The molecule has 1 N–H and O–H groups in total. The van der Waals surface area contributed by atoms with Gasteiger partial charge in [-0.05, 0) is 63.2 Å². The van der Waals surface area contributed by atoms with Gasteiger partial charge in [0.15, 0.2) is 6.29 Å². The molecule has 0 aromatic rings. The summed E-state index contributed by atoms with van der Waals surface area (Å²) in [6.07, 6.45) is 7.36. The van der Waals surface area contributed by atoms with Gasteiger partial charge in [0.25, 0.3) is 0 Å². The first kappa shape index (κ1) is 9.17. The van der Waals surface area contributed by atoms with Crippen molar-refractivity contribution < 1.29 is 9.84 Å². The van der Waals surface area contributed by atoms with Crippen LogP contribution >= 0.6 is 0 Å². The Labute approximate surface area is 85.6 Å². The normalized spacial score (nSPS) is 52.3. The lowest BCUT2D eigenvalue weighted by Crippen LogP contribution is -2.53. The second-order valence-corrected chi connectivity index (χ2v) is 5.82. The van der Waals surface area contributed by atoms with Crippen LogP contribution in [0.15, 0.2) is 0 Å². The standard InChI is InChI=1S/C12H20O2/c1-8(13)14-12-5-9-2-10(6-12)4-11(3-9)7-12/h8-11,13H,2-7H2,1H3. The number of aliphatic hydroxyl groups excluding tert-OH is 1. The van der Waals surface area contributed by atoms with Gasteiger partial charge >= 0.3 is 0 Å². The molecule has 0 spiro atoms. The van der Waals surface area contributed by atoms with Gasteiger partial charge in [-0.15, -0.1) is 0 Å². The lowest BCUT2D eigenvalue weighted by molar-refractivity contribution is -0.233. The van der Waals surface area contributed by atoms with Crippen LogP contribution in [0.5, 0.6) is 0 Å². The van der Waals surface area contributed by atoms with Gasteiger partial charge in [0.1, 0.15) is 0 Å². The molecule has 4 rings (SSSR count). The number of aliphatic hydroxyl groups is 1. The molecule has 4 aliphatic carbocycles. The van der Waals surface area contributed by atoms with Crippen molar-refractivity contribution in [3.63, 3.8) is 0 Å². The third-order valence-corrected chi connectivity index (χ3v) is 4.40. The highest BCUT2D eigenvalue weighted by Crippen LogP contribution is 2.57. The summed E-state index contributed by atoms with van der Waals surface area (Å²) >= 11 is 0. The first-order valence-electron chi connectivity index (χ1n) is 6.01. The molecule has 0 radical (unpaired) electrons. The van der Waals surface area contributed by atoms with Crippen LogP contribution in [0.25, 0.3) is 0 Å². The molecule has 0 heterocycles. The molecular weight excluding hydrogens is 176 g/mol. The highest BCUT2D eigenvalue weighted by molar-refractivity contribution is 5.03. The molecule has 4 saturated carbocycles. The topological polar surface area (TPSA) is 29.5 Å². The Morgan fingerprint density at radius 2 is 1.50 bits per heavy atom. The molecule has 4 aliphatic rings. The summed E-state index contributed by atoms with van der Waals surface area (Å²) in [6, 6.07) is 0. The second kappa shape index (κ2) is 2.96. The number of ether oxygens (including phenoxy) is 1. The van der Waals surface area contributed by atoms with E-state index >= 15 is 0 Å². The Balaban J connectivity index is 1.80. The highest BCUT2D eigenvalue weighted by atomic mass is 16.6. The predicted octanol–water partition coefficient (Wildman–Crippen LogP) is 2.31. The zero-order valence-corrected chi connectivity index (χ0v) is 8.91. The molecule has 80 valence electrons. The van der Waals surface area contributed by atoms with Gasteiger partial charge < -0.3 is 9.84 Å². The second-order valence-electron chi connectivity index (χ2n) is 5.82. The van der Waals surface area contributed by atoms with E-state index in [1.807, 2.05) is 0 Å². The summed E-state index contributed by atoms with van der Waals surface area (Å²) in [5.74, 6) is 2.71. The van der Waals surface area contributed by atoms with Crippen LogP contribution in [-0.4, -0.2) is 17.0 Å². The minimum absolute atomic E-state index is 0.0723. The van der Waals surface area contributed by atoms with Crippen molar-refractivity contribution in [1.29, 1.82) is 0 Å². The van der Waals surface area contributed by atoms with Crippen molar-refractivity contribution in [3.05, 3.63) is 0 Å². The van der Waals surface area contributed by atoms with Gasteiger partial charge in [-0.1, -0.05) is 0 Å². The van der Waals surface area contributed by atoms with Crippen LogP contribution < -0.4 is 0 Å². The van der Waals surface area contributed by atoms with E-state index in [0.717, 1.165) is 17.8 Å². The maximum Gasteiger partial charge on any atom is 0.152 e. The minimum Gasteiger partial charge on any atom is -0.368 e. The Bertz CT molecular complexity index is 193. The van der Waals surface area contributed by atoms with Crippen LogP contribution in [0.2, 0.25) is 0 Å². The van der Waals surface area contributed by atoms with Gasteiger partial charge in [-0.2, -0.15) is 0 Å². The predicted molar refractivity (Wildman–Crippen MR) is 53.7 cm³/mol. The summed E-state index contributed by atoms with van der Waals surface area (Å²) in [4.78, 5) is 0. The molecule has 0 saturated heterocycles. The van der Waals surface area contributed by atoms with Crippen LogP contribution in [-0.2, 0) is 4.74 Å². The molecule has 2 heteroatoms. The van der Waals surface area contributed by atoms with E-state index in [9.17, 15) is 5.11 Å². The van der Waals surface area contributed by atoms with Crippen molar-refractivity contribution in [3.8, 4) is 0 Å².